The molecule has 0 aliphatic heterocycles. The number of aliphatic hydroxyl groups is 1. The van der Waals surface area contributed by atoms with E-state index in [-0.39, 0.29) is 6.61 Å². The van der Waals surface area contributed by atoms with Gasteiger partial charge in [0.1, 0.15) is 17.3 Å². The maximum absolute atomic E-state index is 9.24. The van der Waals surface area contributed by atoms with E-state index in [1.165, 1.54) is 0 Å². The highest BCUT2D eigenvalue weighted by Gasteiger charge is 2.06. The summed E-state index contributed by atoms with van der Waals surface area (Å²) in [6.07, 6.45) is 0. The van der Waals surface area contributed by atoms with Crippen LogP contribution in [0.1, 0.15) is 16.7 Å². The van der Waals surface area contributed by atoms with Gasteiger partial charge >= 0.3 is 0 Å². The van der Waals surface area contributed by atoms with Crippen LogP contribution in [-0.2, 0) is 13.2 Å². The number of hydrogen-bond donors (Lipinski definition) is 2. The molecule has 3 nitrogen and oxygen atoms in total. The molecule has 3 N–H and O–H groups in total. The van der Waals surface area contributed by atoms with E-state index in [4.69, 9.17) is 22.7 Å². The summed E-state index contributed by atoms with van der Waals surface area (Å²) >= 11 is 5.01. The zero-order valence-electron chi connectivity index (χ0n) is 10.4. The highest BCUT2D eigenvalue weighted by atomic mass is 32.1. The Bertz CT molecular complexity index is 584. The Balaban J connectivity index is 2.17. The highest BCUT2D eigenvalue weighted by molar-refractivity contribution is 7.80. The van der Waals surface area contributed by atoms with Crippen molar-refractivity contribution >= 4 is 17.2 Å². The van der Waals surface area contributed by atoms with Crippen molar-refractivity contribution in [3.05, 3.63) is 65.2 Å². The smallest absolute Gasteiger partial charge is 0.125 e. The van der Waals surface area contributed by atoms with Gasteiger partial charge < -0.3 is 15.6 Å². The minimum Gasteiger partial charge on any atom is -0.489 e. The zero-order valence-corrected chi connectivity index (χ0v) is 11.2. The summed E-state index contributed by atoms with van der Waals surface area (Å²) in [4.78, 5) is 0.356. The van der Waals surface area contributed by atoms with Gasteiger partial charge in [-0.2, -0.15) is 0 Å². The van der Waals surface area contributed by atoms with Gasteiger partial charge in [0.2, 0.25) is 0 Å². The summed E-state index contributed by atoms with van der Waals surface area (Å²) in [7, 11) is 0. The second kappa shape index (κ2) is 6.31. The van der Waals surface area contributed by atoms with Crippen molar-refractivity contribution in [3.8, 4) is 5.75 Å². The molecule has 0 fully saturated rings. The van der Waals surface area contributed by atoms with E-state index in [1.807, 2.05) is 48.5 Å². The Hall–Kier alpha value is -1.91. The molecule has 4 heteroatoms. The maximum atomic E-state index is 9.24. The lowest BCUT2D eigenvalue weighted by Crippen LogP contribution is -2.13. The van der Waals surface area contributed by atoms with E-state index >= 15 is 0 Å². The molecule has 98 valence electrons. The minimum atomic E-state index is -0.0485. The van der Waals surface area contributed by atoms with Crippen molar-refractivity contribution in [3.63, 3.8) is 0 Å². The average molecular weight is 273 g/mol. The fourth-order valence-corrected chi connectivity index (χ4v) is 2.02. The van der Waals surface area contributed by atoms with Gasteiger partial charge in [0, 0.05) is 11.1 Å². The Morgan fingerprint density at radius 2 is 1.68 bits per heavy atom. The summed E-state index contributed by atoms with van der Waals surface area (Å²) in [6.45, 7) is 0.317. The lowest BCUT2D eigenvalue weighted by Gasteiger charge is -2.12. The molecule has 19 heavy (non-hydrogen) atoms. The maximum Gasteiger partial charge on any atom is 0.125 e. The van der Waals surface area contributed by atoms with Crippen molar-refractivity contribution in [2.24, 2.45) is 5.73 Å². The van der Waals surface area contributed by atoms with Gasteiger partial charge in [-0.3, -0.25) is 0 Å². The number of aliphatic hydroxyl groups excluding tert-OH is 1. The third-order valence-electron chi connectivity index (χ3n) is 2.81. The number of thiocarbonyl (C=S) groups is 1. The first-order chi connectivity index (χ1) is 9.22. The minimum absolute atomic E-state index is 0.0485. The number of ether oxygens (including phenoxy) is 1. The SMILES string of the molecule is NC(=S)c1ccccc1COc1ccccc1CO. The van der Waals surface area contributed by atoms with E-state index in [1.54, 1.807) is 0 Å². The van der Waals surface area contributed by atoms with Crippen LogP contribution >= 0.6 is 12.2 Å². The van der Waals surface area contributed by atoms with Crippen LogP contribution in [-0.4, -0.2) is 10.1 Å². The Morgan fingerprint density at radius 1 is 1.05 bits per heavy atom. The molecule has 0 unspecified atom stereocenters. The van der Waals surface area contributed by atoms with E-state index in [9.17, 15) is 5.11 Å². The van der Waals surface area contributed by atoms with Crippen molar-refractivity contribution in [1.82, 2.24) is 0 Å². The predicted molar refractivity (Wildman–Crippen MR) is 79.0 cm³/mol. The molecule has 0 saturated heterocycles. The van der Waals surface area contributed by atoms with Crippen molar-refractivity contribution < 1.29 is 9.84 Å². The molecule has 0 heterocycles. The molecule has 2 rings (SSSR count). The van der Waals surface area contributed by atoms with E-state index in [2.05, 4.69) is 0 Å². The summed E-state index contributed by atoms with van der Waals surface area (Å²) in [5.74, 6) is 0.669. The van der Waals surface area contributed by atoms with Gasteiger partial charge in [-0.15, -0.1) is 0 Å². The van der Waals surface area contributed by atoms with Gasteiger partial charge in [0.15, 0.2) is 0 Å². The molecule has 0 amide bonds. The first-order valence-corrected chi connectivity index (χ1v) is 6.32. The van der Waals surface area contributed by atoms with E-state index in [0.29, 0.717) is 17.3 Å². The third-order valence-corrected chi connectivity index (χ3v) is 3.03. The third kappa shape index (κ3) is 3.30. The molecule has 0 radical (unpaired) electrons. The van der Waals surface area contributed by atoms with Crippen molar-refractivity contribution in [1.29, 1.82) is 0 Å². The number of para-hydroxylation sites is 1. The number of hydrogen-bond acceptors (Lipinski definition) is 3. The molecule has 0 aromatic heterocycles. The fraction of sp³-hybridized carbons (Fsp3) is 0.133. The fourth-order valence-electron chi connectivity index (χ4n) is 1.82. The van der Waals surface area contributed by atoms with Crippen LogP contribution in [0.5, 0.6) is 5.75 Å². The van der Waals surface area contributed by atoms with Gasteiger partial charge in [-0.25, -0.2) is 0 Å². The summed E-state index contributed by atoms with van der Waals surface area (Å²) in [6, 6.07) is 15.0. The predicted octanol–water partition coefficient (Wildman–Crippen LogP) is 2.39. The van der Waals surface area contributed by atoms with Crippen LogP contribution in [0.25, 0.3) is 0 Å². The largest absolute Gasteiger partial charge is 0.489 e. The van der Waals surface area contributed by atoms with Crippen LogP contribution in [0.3, 0.4) is 0 Å². The molecule has 0 bridgehead atoms. The molecule has 0 aliphatic rings. The molecular weight excluding hydrogens is 258 g/mol. The van der Waals surface area contributed by atoms with E-state index in [0.717, 1.165) is 16.7 Å². The molecule has 2 aromatic carbocycles. The lowest BCUT2D eigenvalue weighted by atomic mass is 10.1. The quantitative estimate of drug-likeness (QED) is 0.821. The van der Waals surface area contributed by atoms with Gasteiger partial charge in [-0.05, 0) is 11.6 Å². The molecule has 2 aromatic rings. The first kappa shape index (κ1) is 13.5. The average Bonchev–Trinajstić information content (AvgIpc) is 2.45. The summed E-state index contributed by atoms with van der Waals surface area (Å²) < 4.78 is 5.73. The zero-order chi connectivity index (χ0) is 13.7. The van der Waals surface area contributed by atoms with Crippen LogP contribution < -0.4 is 10.5 Å². The molecule has 0 spiro atoms. The van der Waals surface area contributed by atoms with Crippen molar-refractivity contribution in [2.45, 2.75) is 13.2 Å². The van der Waals surface area contributed by atoms with Crippen LogP contribution in [0.4, 0.5) is 0 Å². The summed E-state index contributed by atoms with van der Waals surface area (Å²) in [5.41, 5.74) is 8.19. The normalized spacial score (nSPS) is 10.2. The van der Waals surface area contributed by atoms with Crippen LogP contribution in [0, 0.1) is 0 Å². The van der Waals surface area contributed by atoms with Gasteiger partial charge in [-0.1, -0.05) is 54.7 Å². The van der Waals surface area contributed by atoms with Crippen LogP contribution in [0.2, 0.25) is 0 Å². The first-order valence-electron chi connectivity index (χ1n) is 5.91. The lowest BCUT2D eigenvalue weighted by molar-refractivity contribution is 0.259. The summed E-state index contributed by atoms with van der Waals surface area (Å²) in [5, 5.41) is 9.24. The molecule has 0 saturated carbocycles. The Morgan fingerprint density at radius 3 is 2.37 bits per heavy atom. The van der Waals surface area contributed by atoms with Crippen LogP contribution in [0.15, 0.2) is 48.5 Å². The topological polar surface area (TPSA) is 55.5 Å². The Labute approximate surface area is 117 Å². The second-order valence-electron chi connectivity index (χ2n) is 4.08. The van der Waals surface area contributed by atoms with Gasteiger partial charge in [0.25, 0.3) is 0 Å². The van der Waals surface area contributed by atoms with Crippen molar-refractivity contribution in [2.75, 3.05) is 0 Å². The Kier molecular flexibility index (Phi) is 4.49. The molecule has 0 atom stereocenters. The standard InChI is InChI=1S/C15H15NO2S/c16-15(19)13-7-3-1-6-12(13)10-18-14-8-4-2-5-11(14)9-17/h1-8,17H,9-10H2,(H2,16,19). The number of rotatable bonds is 5. The number of benzene rings is 2. The van der Waals surface area contributed by atoms with E-state index < -0.39 is 0 Å². The second-order valence-corrected chi connectivity index (χ2v) is 4.52. The highest BCUT2D eigenvalue weighted by Crippen LogP contribution is 2.20. The number of nitrogens with two attached hydrogens (primary N) is 1. The van der Waals surface area contributed by atoms with Gasteiger partial charge in [0.05, 0.1) is 6.61 Å². The molecular formula is C15H15NO2S. The molecule has 0 aliphatic carbocycles. The monoisotopic (exact) mass is 273 g/mol.